The van der Waals surface area contributed by atoms with E-state index in [2.05, 4.69) is 40.9 Å². The van der Waals surface area contributed by atoms with Crippen molar-refractivity contribution in [3.8, 4) is 5.88 Å². The van der Waals surface area contributed by atoms with Crippen molar-refractivity contribution >= 4 is 34.7 Å². The molecule has 1 N–H and O–H groups in total. The number of fused-ring (bicyclic) bond motifs is 1. The van der Waals surface area contributed by atoms with Crippen LogP contribution in [0.4, 0.5) is 0 Å². The standard InChI is InChI=1S/C14H16N4OS2/c1-8(6-10-5-4-9(2)21-10)18-12-11(17-14(18)20)13(19-3)16-7-15-12/h4-5,7-8H,6H2,1-3H3,(H,17,20). The van der Waals surface area contributed by atoms with Crippen molar-refractivity contribution in [3.63, 3.8) is 0 Å². The van der Waals surface area contributed by atoms with Crippen LogP contribution in [-0.2, 0) is 6.42 Å². The van der Waals surface area contributed by atoms with E-state index in [1.165, 1.54) is 16.1 Å². The third-order valence-electron chi connectivity index (χ3n) is 3.40. The van der Waals surface area contributed by atoms with E-state index >= 15 is 0 Å². The Hall–Kier alpha value is -1.73. The van der Waals surface area contributed by atoms with Gasteiger partial charge in [-0.25, -0.2) is 4.98 Å². The van der Waals surface area contributed by atoms with E-state index in [1.807, 2.05) is 15.9 Å². The summed E-state index contributed by atoms with van der Waals surface area (Å²) in [5.74, 6) is 0.518. The second-order valence-corrected chi connectivity index (χ2v) is 6.71. The molecule has 3 rings (SSSR count). The summed E-state index contributed by atoms with van der Waals surface area (Å²) in [5.41, 5.74) is 1.53. The molecule has 0 aliphatic carbocycles. The maximum absolute atomic E-state index is 5.45. The zero-order valence-electron chi connectivity index (χ0n) is 12.1. The number of H-pyrrole nitrogens is 1. The van der Waals surface area contributed by atoms with Crippen molar-refractivity contribution in [2.75, 3.05) is 7.11 Å². The highest BCUT2D eigenvalue weighted by atomic mass is 32.1. The summed E-state index contributed by atoms with van der Waals surface area (Å²) in [6.07, 6.45) is 2.42. The summed E-state index contributed by atoms with van der Waals surface area (Å²) in [6, 6.07) is 4.53. The van der Waals surface area contributed by atoms with Gasteiger partial charge in [-0.1, -0.05) is 0 Å². The molecule has 0 saturated heterocycles. The van der Waals surface area contributed by atoms with Crippen LogP contribution >= 0.6 is 23.6 Å². The number of aromatic amines is 1. The molecule has 0 bridgehead atoms. The lowest BCUT2D eigenvalue weighted by Crippen LogP contribution is -2.08. The van der Waals surface area contributed by atoms with Crippen LogP contribution in [0.15, 0.2) is 18.5 Å². The zero-order valence-corrected chi connectivity index (χ0v) is 13.7. The Morgan fingerprint density at radius 1 is 1.43 bits per heavy atom. The van der Waals surface area contributed by atoms with Gasteiger partial charge in [0, 0.05) is 22.2 Å². The zero-order chi connectivity index (χ0) is 15.0. The number of imidazole rings is 1. The molecule has 3 aromatic rings. The van der Waals surface area contributed by atoms with Gasteiger partial charge in [0.05, 0.1) is 7.11 Å². The number of thiophene rings is 1. The number of aromatic nitrogens is 4. The van der Waals surface area contributed by atoms with Crippen LogP contribution in [0.3, 0.4) is 0 Å². The third-order valence-corrected chi connectivity index (χ3v) is 4.72. The highest BCUT2D eigenvalue weighted by Gasteiger charge is 2.16. The van der Waals surface area contributed by atoms with Crippen LogP contribution in [0.1, 0.15) is 22.7 Å². The second kappa shape index (κ2) is 5.57. The lowest BCUT2D eigenvalue weighted by molar-refractivity contribution is 0.401. The van der Waals surface area contributed by atoms with Crippen molar-refractivity contribution in [3.05, 3.63) is 33.0 Å². The van der Waals surface area contributed by atoms with Crippen LogP contribution in [-0.4, -0.2) is 26.6 Å². The van der Waals surface area contributed by atoms with Gasteiger partial charge in [0.15, 0.2) is 10.4 Å². The van der Waals surface area contributed by atoms with Crippen molar-refractivity contribution in [2.45, 2.75) is 26.3 Å². The summed E-state index contributed by atoms with van der Waals surface area (Å²) >= 11 is 7.26. The summed E-state index contributed by atoms with van der Waals surface area (Å²) in [4.78, 5) is 14.3. The van der Waals surface area contributed by atoms with Gasteiger partial charge in [-0.2, -0.15) is 4.98 Å². The monoisotopic (exact) mass is 320 g/mol. The average Bonchev–Trinajstić information content (AvgIpc) is 3.00. The van der Waals surface area contributed by atoms with E-state index < -0.39 is 0 Å². The number of hydrogen-bond donors (Lipinski definition) is 1. The minimum Gasteiger partial charge on any atom is -0.479 e. The molecule has 0 fully saturated rings. The second-order valence-electron chi connectivity index (χ2n) is 4.95. The lowest BCUT2D eigenvalue weighted by Gasteiger charge is -2.13. The molecule has 0 amide bonds. The molecular formula is C14H16N4OS2. The molecule has 110 valence electrons. The summed E-state index contributed by atoms with van der Waals surface area (Å²) < 4.78 is 7.93. The highest BCUT2D eigenvalue weighted by molar-refractivity contribution is 7.71. The highest BCUT2D eigenvalue weighted by Crippen LogP contribution is 2.26. The Morgan fingerprint density at radius 2 is 2.24 bits per heavy atom. The Morgan fingerprint density at radius 3 is 2.90 bits per heavy atom. The number of nitrogens with one attached hydrogen (secondary N) is 1. The molecule has 0 aliphatic rings. The Kier molecular flexibility index (Phi) is 3.77. The molecule has 7 heteroatoms. The number of ether oxygens (including phenoxy) is 1. The maximum atomic E-state index is 5.45. The third kappa shape index (κ3) is 2.58. The van der Waals surface area contributed by atoms with E-state index in [1.54, 1.807) is 7.11 Å². The fourth-order valence-electron chi connectivity index (χ4n) is 2.46. The molecule has 0 aliphatic heterocycles. The predicted octanol–water partition coefficient (Wildman–Crippen LogP) is 3.67. The van der Waals surface area contributed by atoms with Crippen molar-refractivity contribution in [1.82, 2.24) is 19.5 Å². The van der Waals surface area contributed by atoms with E-state index in [-0.39, 0.29) is 6.04 Å². The van der Waals surface area contributed by atoms with Crippen LogP contribution in [0.5, 0.6) is 5.88 Å². The minimum atomic E-state index is 0.212. The van der Waals surface area contributed by atoms with Gasteiger partial charge < -0.3 is 9.72 Å². The van der Waals surface area contributed by atoms with Crippen molar-refractivity contribution in [2.24, 2.45) is 0 Å². The fourth-order valence-corrected chi connectivity index (χ4v) is 3.84. The number of nitrogens with zero attached hydrogens (tertiary/aromatic N) is 3. The predicted molar refractivity (Wildman–Crippen MR) is 86.7 cm³/mol. The van der Waals surface area contributed by atoms with Gasteiger partial charge in [0.1, 0.15) is 11.8 Å². The first-order valence-electron chi connectivity index (χ1n) is 6.64. The van der Waals surface area contributed by atoms with Crippen LogP contribution in [0.2, 0.25) is 0 Å². The molecule has 0 radical (unpaired) electrons. The van der Waals surface area contributed by atoms with Gasteiger partial charge >= 0.3 is 0 Å². The first-order chi connectivity index (χ1) is 10.1. The summed E-state index contributed by atoms with van der Waals surface area (Å²) in [5, 5.41) is 0. The molecule has 0 spiro atoms. The Labute approximate surface area is 131 Å². The fraction of sp³-hybridized carbons (Fsp3) is 0.357. The van der Waals surface area contributed by atoms with Crippen molar-refractivity contribution < 1.29 is 4.74 Å². The number of methoxy groups -OCH3 is 1. The molecule has 1 atom stereocenters. The molecule has 0 saturated carbocycles. The average molecular weight is 320 g/mol. The van der Waals surface area contributed by atoms with Gasteiger partial charge in [0.2, 0.25) is 5.88 Å². The number of rotatable bonds is 4. The molecule has 5 nitrogen and oxygen atoms in total. The van der Waals surface area contributed by atoms with Gasteiger partial charge in [-0.05, 0) is 38.2 Å². The molecule has 0 aromatic carbocycles. The number of hydrogen-bond acceptors (Lipinski definition) is 5. The molecule has 3 heterocycles. The SMILES string of the molecule is COc1ncnc2c1[nH]c(=S)n2C(C)Cc1ccc(C)s1. The largest absolute Gasteiger partial charge is 0.479 e. The molecule has 21 heavy (non-hydrogen) atoms. The van der Waals surface area contributed by atoms with Gasteiger partial charge in [-0.3, -0.25) is 4.57 Å². The summed E-state index contributed by atoms with van der Waals surface area (Å²) in [7, 11) is 1.59. The smallest absolute Gasteiger partial charge is 0.242 e. The first-order valence-corrected chi connectivity index (χ1v) is 7.87. The van der Waals surface area contributed by atoms with E-state index in [0.717, 1.165) is 17.6 Å². The molecule has 3 aromatic heterocycles. The lowest BCUT2D eigenvalue weighted by atomic mass is 10.2. The van der Waals surface area contributed by atoms with E-state index in [4.69, 9.17) is 17.0 Å². The molecular weight excluding hydrogens is 304 g/mol. The van der Waals surface area contributed by atoms with Crippen LogP contribution in [0.25, 0.3) is 11.2 Å². The Bertz CT molecular complexity index is 833. The quantitative estimate of drug-likeness (QED) is 0.745. The van der Waals surface area contributed by atoms with Gasteiger partial charge in [0.25, 0.3) is 0 Å². The van der Waals surface area contributed by atoms with Crippen LogP contribution in [0, 0.1) is 11.7 Å². The minimum absolute atomic E-state index is 0.212. The first kappa shape index (κ1) is 14.2. The van der Waals surface area contributed by atoms with Gasteiger partial charge in [-0.15, -0.1) is 11.3 Å². The summed E-state index contributed by atoms with van der Waals surface area (Å²) in [6.45, 7) is 4.26. The normalized spacial score (nSPS) is 12.7. The Balaban J connectivity index is 2.03. The topological polar surface area (TPSA) is 55.7 Å². The van der Waals surface area contributed by atoms with E-state index in [9.17, 15) is 0 Å². The van der Waals surface area contributed by atoms with Crippen molar-refractivity contribution in [1.29, 1.82) is 0 Å². The van der Waals surface area contributed by atoms with E-state index in [0.29, 0.717) is 10.7 Å². The van der Waals surface area contributed by atoms with Crippen LogP contribution < -0.4 is 4.74 Å². The maximum Gasteiger partial charge on any atom is 0.242 e. The number of aryl methyl sites for hydroxylation is 1. The molecule has 1 unspecified atom stereocenters.